The second kappa shape index (κ2) is 6.00. The molecule has 4 heteroatoms. The van der Waals surface area contributed by atoms with Crippen LogP contribution in [0.25, 0.3) is 10.8 Å². The molecule has 0 saturated carbocycles. The number of hydrogen-bond donors (Lipinski definition) is 1. The summed E-state index contributed by atoms with van der Waals surface area (Å²) < 4.78 is 0. The number of aldehydes is 1. The molecule has 0 bridgehead atoms. The fraction of sp³-hybridized carbons (Fsp3) is 0.200. The number of fused-ring (bicyclic) bond motifs is 1. The van der Waals surface area contributed by atoms with Crippen molar-refractivity contribution in [1.82, 2.24) is 4.90 Å². The Hall–Kier alpha value is -2.36. The predicted octanol–water partition coefficient (Wildman–Crippen LogP) is 2.91. The van der Waals surface area contributed by atoms with Crippen LogP contribution >= 0.6 is 0 Å². The highest BCUT2D eigenvalue weighted by molar-refractivity contribution is 5.83. The molecule has 98 valence electrons. The topological polar surface area (TPSA) is 57.6 Å². The molecule has 0 atom stereocenters. The van der Waals surface area contributed by atoms with Gasteiger partial charge in [0, 0.05) is 19.5 Å². The van der Waals surface area contributed by atoms with E-state index >= 15 is 0 Å². The van der Waals surface area contributed by atoms with E-state index in [2.05, 4.69) is 0 Å². The predicted molar refractivity (Wildman–Crippen MR) is 73.1 cm³/mol. The summed E-state index contributed by atoms with van der Waals surface area (Å²) in [6.07, 6.45) is -0.0500. The normalized spacial score (nSPS) is 10.3. The molecular weight excluding hydrogens is 242 g/mol. The monoisotopic (exact) mass is 257 g/mol. The Morgan fingerprint density at radius 1 is 1.16 bits per heavy atom. The van der Waals surface area contributed by atoms with Gasteiger partial charge in [0.25, 0.3) is 0 Å². The van der Waals surface area contributed by atoms with Crippen molar-refractivity contribution >= 4 is 23.2 Å². The van der Waals surface area contributed by atoms with Gasteiger partial charge in [-0.15, -0.1) is 0 Å². The molecule has 1 N–H and O–H groups in total. The lowest BCUT2D eigenvalue weighted by Gasteiger charge is -2.18. The van der Waals surface area contributed by atoms with Crippen LogP contribution in [0.15, 0.2) is 42.5 Å². The Labute approximate surface area is 111 Å². The molecule has 2 rings (SSSR count). The quantitative estimate of drug-likeness (QED) is 0.838. The Kier molecular flexibility index (Phi) is 4.13. The largest absolute Gasteiger partial charge is 0.465 e. The molecule has 0 aliphatic carbocycles. The van der Waals surface area contributed by atoms with Crippen molar-refractivity contribution in [2.24, 2.45) is 0 Å². The van der Waals surface area contributed by atoms with Gasteiger partial charge in [0.05, 0.1) is 0 Å². The second-order valence-electron chi connectivity index (χ2n) is 4.34. The van der Waals surface area contributed by atoms with Gasteiger partial charge in [0.15, 0.2) is 0 Å². The average molecular weight is 257 g/mol. The first kappa shape index (κ1) is 13.1. The van der Waals surface area contributed by atoms with Gasteiger partial charge >= 0.3 is 6.09 Å². The summed E-state index contributed by atoms with van der Waals surface area (Å²) in [5.74, 6) is 0. The van der Waals surface area contributed by atoms with E-state index in [1.54, 1.807) is 0 Å². The zero-order valence-corrected chi connectivity index (χ0v) is 10.5. The van der Waals surface area contributed by atoms with Crippen LogP contribution in [0.5, 0.6) is 0 Å². The van der Waals surface area contributed by atoms with E-state index in [9.17, 15) is 9.59 Å². The highest BCUT2D eigenvalue weighted by Crippen LogP contribution is 2.17. The van der Waals surface area contributed by atoms with Crippen LogP contribution in [0.2, 0.25) is 0 Å². The smallest absolute Gasteiger partial charge is 0.407 e. The molecular formula is C15H15NO3. The maximum absolute atomic E-state index is 11.1. The van der Waals surface area contributed by atoms with Gasteiger partial charge in [-0.25, -0.2) is 4.79 Å². The Balaban J connectivity index is 2.18. The van der Waals surface area contributed by atoms with Crippen LogP contribution in [0.1, 0.15) is 12.0 Å². The van der Waals surface area contributed by atoms with Crippen molar-refractivity contribution in [2.45, 2.75) is 13.0 Å². The second-order valence-corrected chi connectivity index (χ2v) is 4.34. The van der Waals surface area contributed by atoms with Crippen LogP contribution in [0, 0.1) is 0 Å². The molecule has 0 spiro atoms. The van der Waals surface area contributed by atoms with E-state index in [-0.39, 0.29) is 13.0 Å². The van der Waals surface area contributed by atoms with E-state index in [1.165, 1.54) is 4.90 Å². The first-order valence-corrected chi connectivity index (χ1v) is 6.10. The number of nitrogens with zero attached hydrogens (tertiary/aromatic N) is 1. The van der Waals surface area contributed by atoms with Crippen molar-refractivity contribution in [1.29, 1.82) is 0 Å². The summed E-state index contributed by atoms with van der Waals surface area (Å²) in [7, 11) is 0. The van der Waals surface area contributed by atoms with Gasteiger partial charge in [0.2, 0.25) is 0 Å². The average Bonchev–Trinajstić information content (AvgIpc) is 2.43. The number of hydrogen-bond acceptors (Lipinski definition) is 2. The van der Waals surface area contributed by atoms with E-state index in [0.717, 1.165) is 22.6 Å². The highest BCUT2D eigenvalue weighted by atomic mass is 16.4. The van der Waals surface area contributed by atoms with Crippen LogP contribution in [0.4, 0.5) is 4.79 Å². The number of carbonyl (C=O) groups is 2. The lowest BCUT2D eigenvalue weighted by molar-refractivity contribution is -0.108. The minimum atomic E-state index is -1.00. The maximum Gasteiger partial charge on any atom is 0.407 e. The molecule has 0 radical (unpaired) electrons. The van der Waals surface area contributed by atoms with E-state index in [0.29, 0.717) is 6.54 Å². The van der Waals surface area contributed by atoms with Gasteiger partial charge in [-0.05, 0) is 22.4 Å². The lowest BCUT2D eigenvalue weighted by Crippen LogP contribution is -2.30. The molecule has 2 aromatic carbocycles. The Bertz CT molecular complexity index is 595. The first-order valence-electron chi connectivity index (χ1n) is 6.10. The molecule has 2 aromatic rings. The van der Waals surface area contributed by atoms with Crippen LogP contribution < -0.4 is 0 Å². The zero-order valence-electron chi connectivity index (χ0n) is 10.5. The van der Waals surface area contributed by atoms with Crippen LogP contribution in [-0.4, -0.2) is 28.9 Å². The number of benzene rings is 2. The first-order chi connectivity index (χ1) is 9.20. The summed E-state index contributed by atoms with van der Waals surface area (Å²) in [5, 5.41) is 11.3. The van der Waals surface area contributed by atoms with Crippen molar-refractivity contribution in [3.05, 3.63) is 48.0 Å². The van der Waals surface area contributed by atoms with Crippen molar-refractivity contribution in [2.75, 3.05) is 6.54 Å². The molecule has 0 aromatic heterocycles. The van der Waals surface area contributed by atoms with Gasteiger partial charge in [-0.3, -0.25) is 0 Å². The standard InChI is InChI=1S/C15H15NO3/c17-9-3-8-16(15(18)19)11-12-6-7-13-4-1-2-5-14(13)10-12/h1-2,4-7,9-10H,3,8,11H2,(H,18,19). The SMILES string of the molecule is O=CCCN(Cc1ccc2ccccc2c1)C(=O)O. The maximum atomic E-state index is 11.1. The number of carboxylic acid groups (broad SMARTS) is 1. The van der Waals surface area contributed by atoms with Gasteiger partial charge in [-0.2, -0.15) is 0 Å². The molecule has 19 heavy (non-hydrogen) atoms. The summed E-state index contributed by atoms with van der Waals surface area (Å²) >= 11 is 0. The fourth-order valence-corrected chi connectivity index (χ4v) is 2.01. The van der Waals surface area contributed by atoms with E-state index < -0.39 is 6.09 Å². The van der Waals surface area contributed by atoms with Crippen molar-refractivity contribution in [3.8, 4) is 0 Å². The minimum Gasteiger partial charge on any atom is -0.465 e. The summed E-state index contributed by atoms with van der Waals surface area (Å²) in [6, 6.07) is 13.8. The molecule has 0 aliphatic heterocycles. The fourth-order valence-electron chi connectivity index (χ4n) is 2.01. The van der Waals surface area contributed by atoms with Crippen LogP contribution in [0.3, 0.4) is 0 Å². The molecule has 0 aliphatic rings. The lowest BCUT2D eigenvalue weighted by atomic mass is 10.1. The summed E-state index contributed by atoms with van der Waals surface area (Å²) in [5.41, 5.74) is 0.923. The van der Waals surface area contributed by atoms with Crippen LogP contribution in [-0.2, 0) is 11.3 Å². The zero-order chi connectivity index (χ0) is 13.7. The van der Waals surface area contributed by atoms with Gasteiger partial charge in [0.1, 0.15) is 6.29 Å². The van der Waals surface area contributed by atoms with Gasteiger partial charge < -0.3 is 14.8 Å². The van der Waals surface area contributed by atoms with E-state index in [1.807, 2.05) is 42.5 Å². The minimum absolute atomic E-state index is 0.222. The summed E-state index contributed by atoms with van der Waals surface area (Å²) in [4.78, 5) is 22.7. The number of rotatable bonds is 5. The molecule has 4 nitrogen and oxygen atoms in total. The van der Waals surface area contributed by atoms with E-state index in [4.69, 9.17) is 5.11 Å². The molecule has 0 fully saturated rings. The third-order valence-corrected chi connectivity index (χ3v) is 2.97. The molecule has 0 saturated heterocycles. The molecule has 1 amide bonds. The number of amides is 1. The summed E-state index contributed by atoms with van der Waals surface area (Å²) in [6.45, 7) is 0.527. The van der Waals surface area contributed by atoms with Gasteiger partial charge in [-0.1, -0.05) is 36.4 Å². The number of carbonyl (C=O) groups excluding carboxylic acids is 1. The Morgan fingerprint density at radius 3 is 2.58 bits per heavy atom. The highest BCUT2D eigenvalue weighted by Gasteiger charge is 2.11. The van der Waals surface area contributed by atoms with Crippen molar-refractivity contribution in [3.63, 3.8) is 0 Å². The molecule has 0 heterocycles. The molecule has 0 unspecified atom stereocenters. The third kappa shape index (κ3) is 3.31. The third-order valence-electron chi connectivity index (χ3n) is 2.97. The van der Waals surface area contributed by atoms with Crippen molar-refractivity contribution < 1.29 is 14.7 Å². The Morgan fingerprint density at radius 2 is 1.89 bits per heavy atom.